The molecule has 0 heterocycles. The van der Waals surface area contributed by atoms with Gasteiger partial charge in [0.25, 0.3) is 0 Å². The quantitative estimate of drug-likeness (QED) is 0.403. The minimum Gasteiger partial charge on any atom is -0.462 e. The van der Waals surface area contributed by atoms with Crippen molar-refractivity contribution in [3.8, 4) is 0 Å². The van der Waals surface area contributed by atoms with E-state index in [0.717, 1.165) is 13.0 Å². The molecule has 0 aliphatic heterocycles. The van der Waals surface area contributed by atoms with Crippen LogP contribution in [0, 0.1) is 0 Å². The lowest BCUT2D eigenvalue weighted by Gasteiger charge is -2.11. The van der Waals surface area contributed by atoms with Crippen LogP contribution in [0.1, 0.15) is 30.1 Å². The molecule has 0 bridgehead atoms. The first kappa shape index (κ1) is 19.6. The summed E-state index contributed by atoms with van der Waals surface area (Å²) >= 11 is 0. The highest BCUT2D eigenvalue weighted by Gasteiger charge is 2.15. The lowest BCUT2D eigenvalue weighted by molar-refractivity contribution is -0.126. The number of hydrogen-bond donors (Lipinski definition) is 2. The molecular weight excluding hydrogens is 310 g/mol. The van der Waals surface area contributed by atoms with Crippen LogP contribution >= 0.6 is 0 Å². The minimum absolute atomic E-state index is 0.246. The molecule has 0 unspecified atom stereocenters. The molecule has 1 aromatic carbocycles. The summed E-state index contributed by atoms with van der Waals surface area (Å²) in [6.07, 6.45) is 0.519. The van der Waals surface area contributed by atoms with Crippen LogP contribution in [-0.2, 0) is 14.3 Å². The number of carbonyl (C=O) groups is 3. The van der Waals surface area contributed by atoms with Crippen molar-refractivity contribution >= 4 is 23.5 Å². The highest BCUT2D eigenvalue weighted by molar-refractivity contribution is 6.06. The van der Waals surface area contributed by atoms with Crippen molar-refractivity contribution in [3.05, 3.63) is 29.8 Å². The molecule has 0 spiro atoms. The molecule has 24 heavy (non-hydrogen) atoms. The van der Waals surface area contributed by atoms with Crippen molar-refractivity contribution < 1.29 is 19.1 Å². The summed E-state index contributed by atoms with van der Waals surface area (Å²) in [4.78, 5) is 37.6. The number of rotatable bonds is 9. The van der Waals surface area contributed by atoms with Crippen molar-refractivity contribution in [1.29, 1.82) is 0 Å². The predicted molar refractivity (Wildman–Crippen MR) is 91.8 cm³/mol. The zero-order chi connectivity index (χ0) is 17.9. The van der Waals surface area contributed by atoms with Crippen LogP contribution in [0.25, 0.3) is 0 Å². The number of amides is 2. The van der Waals surface area contributed by atoms with Crippen LogP contribution in [0.15, 0.2) is 24.3 Å². The smallest absolute Gasteiger partial charge is 0.340 e. The molecule has 0 atom stereocenters. The number of benzene rings is 1. The molecule has 0 aromatic heterocycles. The number of ether oxygens (including phenoxy) is 1. The highest BCUT2D eigenvalue weighted by Crippen LogP contribution is 2.16. The third-order valence-corrected chi connectivity index (χ3v) is 3.12. The first-order valence-corrected chi connectivity index (χ1v) is 7.91. The maximum atomic E-state index is 12.0. The number of para-hydroxylation sites is 1. The Labute approximate surface area is 142 Å². The van der Waals surface area contributed by atoms with E-state index in [1.54, 1.807) is 31.2 Å². The molecular formula is C17H25N3O4. The Bertz CT molecular complexity index is 573. The van der Waals surface area contributed by atoms with Crippen molar-refractivity contribution in [1.82, 2.24) is 10.2 Å². The number of carbonyl (C=O) groups excluding carboxylic acids is 3. The first-order chi connectivity index (χ1) is 11.4. The van der Waals surface area contributed by atoms with Gasteiger partial charge < -0.3 is 20.3 Å². The number of nitrogens with zero attached hydrogens (tertiary/aromatic N) is 1. The van der Waals surface area contributed by atoms with E-state index in [2.05, 4.69) is 10.6 Å². The van der Waals surface area contributed by atoms with Gasteiger partial charge in [-0.15, -0.1) is 0 Å². The molecule has 0 radical (unpaired) electrons. The second kappa shape index (κ2) is 10.4. The number of anilines is 1. The van der Waals surface area contributed by atoms with E-state index in [-0.39, 0.29) is 24.5 Å². The summed E-state index contributed by atoms with van der Waals surface area (Å²) < 4.78 is 4.94. The molecule has 7 nitrogen and oxygen atoms in total. The van der Waals surface area contributed by atoms with Crippen LogP contribution in [0.2, 0.25) is 0 Å². The molecule has 0 aliphatic carbocycles. The fraction of sp³-hybridized carbons (Fsp3) is 0.471. The standard InChI is InChI=1S/C17H25N3O4/c1-4-24-17(23)13-8-5-6-9-14(13)19-16(22)12-15(21)18-10-7-11-20(2)3/h5-6,8-9H,4,7,10-12H2,1-3H3,(H,18,21)(H,19,22). The maximum absolute atomic E-state index is 12.0. The van der Waals surface area contributed by atoms with Crippen LogP contribution < -0.4 is 10.6 Å². The van der Waals surface area contributed by atoms with Crippen LogP contribution in [-0.4, -0.2) is 56.5 Å². The summed E-state index contributed by atoms with van der Waals surface area (Å²) in [5, 5.41) is 5.27. The minimum atomic E-state index is -0.512. The summed E-state index contributed by atoms with van der Waals surface area (Å²) in [5.74, 6) is -1.33. The second-order valence-corrected chi connectivity index (χ2v) is 5.50. The van der Waals surface area contributed by atoms with Gasteiger partial charge in [-0.2, -0.15) is 0 Å². The molecule has 2 N–H and O–H groups in total. The van der Waals surface area contributed by atoms with Gasteiger partial charge in [0.1, 0.15) is 6.42 Å². The zero-order valence-electron chi connectivity index (χ0n) is 14.4. The lowest BCUT2D eigenvalue weighted by atomic mass is 10.1. The van der Waals surface area contributed by atoms with E-state index < -0.39 is 11.9 Å². The lowest BCUT2D eigenvalue weighted by Crippen LogP contribution is -2.30. The van der Waals surface area contributed by atoms with Crippen LogP contribution in [0.3, 0.4) is 0 Å². The van der Waals surface area contributed by atoms with E-state index in [9.17, 15) is 14.4 Å². The van der Waals surface area contributed by atoms with Gasteiger partial charge >= 0.3 is 5.97 Å². The molecule has 1 rings (SSSR count). The molecule has 0 fully saturated rings. The van der Waals surface area contributed by atoms with E-state index in [4.69, 9.17) is 4.74 Å². The normalized spacial score (nSPS) is 10.3. The topological polar surface area (TPSA) is 87.7 Å². The van der Waals surface area contributed by atoms with Gasteiger partial charge in [0, 0.05) is 6.54 Å². The van der Waals surface area contributed by atoms with Crippen molar-refractivity contribution in [2.24, 2.45) is 0 Å². The average Bonchev–Trinajstić information content (AvgIpc) is 2.52. The predicted octanol–water partition coefficient (Wildman–Crippen LogP) is 1.26. The zero-order valence-corrected chi connectivity index (χ0v) is 14.4. The summed E-state index contributed by atoms with van der Waals surface area (Å²) in [6.45, 7) is 3.33. The van der Waals surface area contributed by atoms with Crippen LogP contribution in [0.4, 0.5) is 5.69 Å². The molecule has 0 aliphatic rings. The Morgan fingerprint density at radius 3 is 2.50 bits per heavy atom. The van der Waals surface area contributed by atoms with E-state index in [0.29, 0.717) is 12.2 Å². The Balaban J connectivity index is 2.50. The molecule has 1 aromatic rings. The number of hydrogen-bond acceptors (Lipinski definition) is 5. The molecule has 7 heteroatoms. The molecule has 0 saturated heterocycles. The largest absolute Gasteiger partial charge is 0.462 e. The number of nitrogens with one attached hydrogen (secondary N) is 2. The Morgan fingerprint density at radius 1 is 1.12 bits per heavy atom. The van der Waals surface area contributed by atoms with Crippen molar-refractivity contribution in [2.45, 2.75) is 19.8 Å². The van der Waals surface area contributed by atoms with Gasteiger partial charge in [-0.1, -0.05) is 12.1 Å². The van der Waals surface area contributed by atoms with Crippen molar-refractivity contribution in [2.75, 3.05) is 39.1 Å². The van der Waals surface area contributed by atoms with Crippen LogP contribution in [0.5, 0.6) is 0 Å². The summed E-state index contributed by atoms with van der Waals surface area (Å²) in [7, 11) is 3.91. The molecule has 132 valence electrons. The fourth-order valence-electron chi connectivity index (χ4n) is 2.00. The van der Waals surface area contributed by atoms with Gasteiger partial charge in [0.15, 0.2) is 0 Å². The molecule has 2 amide bonds. The van der Waals surface area contributed by atoms with Gasteiger partial charge in [-0.25, -0.2) is 4.79 Å². The number of esters is 1. The third-order valence-electron chi connectivity index (χ3n) is 3.12. The molecule has 0 saturated carbocycles. The first-order valence-electron chi connectivity index (χ1n) is 7.91. The highest BCUT2D eigenvalue weighted by atomic mass is 16.5. The Hall–Kier alpha value is -2.41. The van der Waals surface area contributed by atoms with Gasteiger partial charge in [0.2, 0.25) is 11.8 Å². The average molecular weight is 335 g/mol. The Kier molecular flexibility index (Phi) is 8.49. The maximum Gasteiger partial charge on any atom is 0.340 e. The van der Waals surface area contributed by atoms with Gasteiger partial charge in [-0.05, 0) is 46.1 Å². The SMILES string of the molecule is CCOC(=O)c1ccccc1NC(=O)CC(=O)NCCCN(C)C. The second-order valence-electron chi connectivity index (χ2n) is 5.50. The van der Waals surface area contributed by atoms with Gasteiger partial charge in [0.05, 0.1) is 17.9 Å². The van der Waals surface area contributed by atoms with Crippen molar-refractivity contribution in [3.63, 3.8) is 0 Å². The Morgan fingerprint density at radius 2 is 1.83 bits per heavy atom. The fourth-order valence-corrected chi connectivity index (χ4v) is 2.00. The monoisotopic (exact) mass is 335 g/mol. The van der Waals surface area contributed by atoms with Gasteiger partial charge in [-0.3, -0.25) is 9.59 Å². The summed E-state index contributed by atoms with van der Waals surface area (Å²) in [6, 6.07) is 6.53. The van der Waals surface area contributed by atoms with E-state index >= 15 is 0 Å². The third kappa shape index (κ3) is 7.23. The van der Waals surface area contributed by atoms with E-state index in [1.807, 2.05) is 19.0 Å². The van der Waals surface area contributed by atoms with E-state index in [1.165, 1.54) is 0 Å². The summed E-state index contributed by atoms with van der Waals surface area (Å²) in [5.41, 5.74) is 0.598.